The van der Waals surface area contributed by atoms with Crippen LogP contribution in [0, 0.1) is 5.82 Å². The van der Waals surface area contributed by atoms with Gasteiger partial charge in [-0.25, -0.2) is 4.39 Å². The van der Waals surface area contributed by atoms with E-state index in [9.17, 15) is 4.39 Å². The summed E-state index contributed by atoms with van der Waals surface area (Å²) < 4.78 is 24.4. The van der Waals surface area contributed by atoms with Gasteiger partial charge in [0.05, 0.1) is 7.11 Å². The Hall–Kier alpha value is -1.95. The number of ether oxygens (including phenoxy) is 1. The summed E-state index contributed by atoms with van der Waals surface area (Å²) in [4.78, 5) is 0. The summed E-state index contributed by atoms with van der Waals surface area (Å²) >= 11 is 0. The topological polar surface area (TPSA) is 60.2 Å². The largest absolute Gasteiger partial charge is 0.496 e. The van der Waals surface area contributed by atoms with Crippen molar-refractivity contribution in [1.82, 2.24) is 15.5 Å². The van der Waals surface area contributed by atoms with Crippen LogP contribution >= 0.6 is 0 Å². The minimum atomic E-state index is -0.443. The fourth-order valence-corrected chi connectivity index (χ4v) is 1.71. The number of hydrogen-bond acceptors (Lipinski definition) is 5. The van der Waals surface area contributed by atoms with Crippen LogP contribution in [0.25, 0.3) is 11.5 Å². The third-order valence-electron chi connectivity index (χ3n) is 2.64. The fraction of sp³-hybridized carbons (Fsp3) is 0.385. The quantitative estimate of drug-likeness (QED) is 0.810. The minimum Gasteiger partial charge on any atom is -0.496 e. The van der Waals surface area contributed by atoms with Gasteiger partial charge in [0.25, 0.3) is 5.89 Å². The SMILES string of the molecule is CCNCCc1nnc(-c2c(F)cccc2OC)o1. The second kappa shape index (κ2) is 6.29. The molecule has 1 N–H and O–H groups in total. The van der Waals surface area contributed by atoms with Crippen molar-refractivity contribution in [3.63, 3.8) is 0 Å². The Balaban J connectivity index is 2.23. The van der Waals surface area contributed by atoms with Crippen molar-refractivity contribution in [3.05, 3.63) is 29.9 Å². The highest BCUT2D eigenvalue weighted by Crippen LogP contribution is 2.31. The van der Waals surface area contributed by atoms with Gasteiger partial charge in [-0.3, -0.25) is 0 Å². The van der Waals surface area contributed by atoms with Crippen LogP contribution in [0.1, 0.15) is 12.8 Å². The molecule has 0 fully saturated rings. The number of likely N-dealkylation sites (N-methyl/N-ethyl adjacent to an activating group) is 1. The van der Waals surface area contributed by atoms with Gasteiger partial charge in [0.2, 0.25) is 5.89 Å². The molecule has 19 heavy (non-hydrogen) atoms. The van der Waals surface area contributed by atoms with Crippen LogP contribution in [-0.2, 0) is 6.42 Å². The van der Waals surface area contributed by atoms with Crippen molar-refractivity contribution < 1.29 is 13.5 Å². The van der Waals surface area contributed by atoms with E-state index >= 15 is 0 Å². The van der Waals surface area contributed by atoms with Crippen molar-refractivity contribution in [2.24, 2.45) is 0 Å². The maximum atomic E-state index is 13.8. The Morgan fingerprint density at radius 2 is 2.21 bits per heavy atom. The van der Waals surface area contributed by atoms with E-state index in [1.807, 2.05) is 6.92 Å². The molecule has 6 heteroatoms. The molecule has 0 amide bonds. The predicted molar refractivity (Wildman–Crippen MR) is 68.5 cm³/mol. The van der Waals surface area contributed by atoms with Crippen LogP contribution in [0.3, 0.4) is 0 Å². The minimum absolute atomic E-state index is 0.140. The van der Waals surface area contributed by atoms with Crippen LogP contribution in [0.4, 0.5) is 4.39 Å². The first-order chi connectivity index (χ1) is 9.26. The molecular formula is C13H16FN3O2. The maximum Gasteiger partial charge on any atom is 0.254 e. The summed E-state index contributed by atoms with van der Waals surface area (Å²) in [6, 6.07) is 4.56. The number of nitrogens with zero attached hydrogens (tertiary/aromatic N) is 2. The average molecular weight is 265 g/mol. The van der Waals surface area contributed by atoms with Gasteiger partial charge in [-0.15, -0.1) is 10.2 Å². The Bertz CT molecular complexity index is 542. The summed E-state index contributed by atoms with van der Waals surface area (Å²) in [5, 5.41) is 10.9. The lowest BCUT2D eigenvalue weighted by Crippen LogP contribution is -2.16. The molecule has 0 aliphatic rings. The van der Waals surface area contributed by atoms with Crippen LogP contribution in [0.15, 0.2) is 22.6 Å². The summed E-state index contributed by atoms with van der Waals surface area (Å²) in [6.07, 6.45) is 0.609. The highest BCUT2D eigenvalue weighted by Gasteiger charge is 2.17. The van der Waals surface area contributed by atoms with E-state index in [0.29, 0.717) is 18.1 Å². The lowest BCUT2D eigenvalue weighted by atomic mass is 10.2. The predicted octanol–water partition coefficient (Wildman–Crippen LogP) is 2.04. The molecule has 5 nitrogen and oxygen atoms in total. The number of hydrogen-bond donors (Lipinski definition) is 1. The number of halogens is 1. The molecule has 2 rings (SSSR count). The van der Waals surface area contributed by atoms with Crippen molar-refractivity contribution in [2.75, 3.05) is 20.2 Å². The van der Waals surface area contributed by atoms with Crippen molar-refractivity contribution in [2.45, 2.75) is 13.3 Å². The molecule has 102 valence electrons. The van der Waals surface area contributed by atoms with Gasteiger partial charge in [0.15, 0.2) is 0 Å². The lowest BCUT2D eigenvalue weighted by Gasteiger charge is -2.05. The first-order valence-electron chi connectivity index (χ1n) is 6.12. The molecule has 2 aromatic rings. The van der Waals surface area contributed by atoms with E-state index < -0.39 is 5.82 Å². The van der Waals surface area contributed by atoms with Crippen molar-refractivity contribution >= 4 is 0 Å². The molecule has 0 spiro atoms. The molecular weight excluding hydrogens is 249 g/mol. The van der Waals surface area contributed by atoms with Gasteiger partial charge >= 0.3 is 0 Å². The molecule has 0 saturated heterocycles. The number of benzene rings is 1. The number of aromatic nitrogens is 2. The zero-order valence-corrected chi connectivity index (χ0v) is 10.9. The van der Waals surface area contributed by atoms with Crippen LogP contribution in [-0.4, -0.2) is 30.4 Å². The summed E-state index contributed by atoms with van der Waals surface area (Å²) in [5.41, 5.74) is 0.201. The fourth-order valence-electron chi connectivity index (χ4n) is 1.71. The molecule has 1 heterocycles. The average Bonchev–Trinajstić information content (AvgIpc) is 2.87. The maximum absolute atomic E-state index is 13.8. The van der Waals surface area contributed by atoms with Gasteiger partial charge in [0.1, 0.15) is 17.1 Å². The summed E-state index contributed by atoms with van der Waals surface area (Å²) in [7, 11) is 1.47. The first kappa shape index (κ1) is 13.5. The lowest BCUT2D eigenvalue weighted by molar-refractivity contribution is 0.409. The van der Waals surface area contributed by atoms with E-state index in [2.05, 4.69) is 15.5 Å². The van der Waals surface area contributed by atoms with Crippen LogP contribution < -0.4 is 10.1 Å². The second-order valence-corrected chi connectivity index (χ2v) is 3.92. The normalized spacial score (nSPS) is 10.7. The van der Waals surface area contributed by atoms with E-state index in [1.165, 1.54) is 13.2 Å². The smallest absolute Gasteiger partial charge is 0.254 e. The van der Waals surface area contributed by atoms with E-state index in [0.717, 1.165) is 13.1 Å². The zero-order valence-electron chi connectivity index (χ0n) is 10.9. The molecule has 0 aliphatic heterocycles. The first-order valence-corrected chi connectivity index (χ1v) is 6.12. The highest BCUT2D eigenvalue weighted by molar-refractivity contribution is 5.63. The van der Waals surface area contributed by atoms with E-state index in [4.69, 9.17) is 9.15 Å². The number of nitrogens with one attached hydrogen (secondary N) is 1. The summed E-state index contributed by atoms with van der Waals surface area (Å²) in [5.74, 6) is 0.547. The molecule has 0 atom stereocenters. The standard InChI is InChI=1S/C13H16FN3O2/c1-3-15-8-7-11-16-17-13(19-11)12-9(14)5-4-6-10(12)18-2/h4-6,15H,3,7-8H2,1-2H3. The molecule has 0 radical (unpaired) electrons. The Morgan fingerprint density at radius 1 is 1.37 bits per heavy atom. The van der Waals surface area contributed by atoms with Gasteiger partial charge in [-0.1, -0.05) is 13.0 Å². The molecule has 0 saturated carbocycles. The molecule has 0 aliphatic carbocycles. The van der Waals surface area contributed by atoms with Crippen molar-refractivity contribution in [1.29, 1.82) is 0 Å². The van der Waals surface area contributed by atoms with Gasteiger partial charge in [-0.2, -0.15) is 0 Å². The Kier molecular flexibility index (Phi) is 4.46. The molecule has 1 aromatic heterocycles. The van der Waals surface area contributed by atoms with Crippen LogP contribution in [0.5, 0.6) is 5.75 Å². The summed E-state index contributed by atoms with van der Waals surface area (Å²) in [6.45, 7) is 3.64. The zero-order chi connectivity index (χ0) is 13.7. The Labute approximate surface area is 110 Å². The third-order valence-corrected chi connectivity index (χ3v) is 2.64. The van der Waals surface area contributed by atoms with Crippen molar-refractivity contribution in [3.8, 4) is 17.2 Å². The van der Waals surface area contributed by atoms with E-state index in [-0.39, 0.29) is 11.5 Å². The molecule has 0 bridgehead atoms. The van der Waals surface area contributed by atoms with Crippen LogP contribution in [0.2, 0.25) is 0 Å². The van der Waals surface area contributed by atoms with Gasteiger partial charge < -0.3 is 14.5 Å². The van der Waals surface area contributed by atoms with Gasteiger partial charge in [0, 0.05) is 13.0 Å². The number of rotatable bonds is 6. The molecule has 0 unspecified atom stereocenters. The third kappa shape index (κ3) is 3.08. The highest BCUT2D eigenvalue weighted by atomic mass is 19.1. The second-order valence-electron chi connectivity index (χ2n) is 3.92. The monoisotopic (exact) mass is 265 g/mol. The van der Waals surface area contributed by atoms with Gasteiger partial charge in [-0.05, 0) is 18.7 Å². The molecule has 1 aromatic carbocycles. The Morgan fingerprint density at radius 3 is 2.95 bits per heavy atom. The van der Waals surface area contributed by atoms with E-state index in [1.54, 1.807) is 12.1 Å². The number of methoxy groups -OCH3 is 1.